The minimum atomic E-state index is -0.813. The SMILES string of the molecule is CCOC(=O)Oc1ccc(C(=O)Nc2ccc(NC(=O)c3cc(OC)c(OC)c(OC)c3)cc2)cc1. The number of rotatable bonds is 9. The molecule has 188 valence electrons. The van der Waals surface area contributed by atoms with Gasteiger partial charge in [0.2, 0.25) is 5.75 Å². The van der Waals surface area contributed by atoms with Gasteiger partial charge in [-0.15, -0.1) is 0 Å². The van der Waals surface area contributed by atoms with Crippen LogP contribution in [0.1, 0.15) is 27.6 Å². The molecule has 2 N–H and O–H groups in total. The van der Waals surface area contributed by atoms with Crippen molar-refractivity contribution in [2.24, 2.45) is 0 Å². The molecule has 3 rings (SSSR count). The Kier molecular flexibility index (Phi) is 8.71. The van der Waals surface area contributed by atoms with Crippen molar-refractivity contribution >= 4 is 29.3 Å². The zero-order valence-corrected chi connectivity index (χ0v) is 20.2. The van der Waals surface area contributed by atoms with Gasteiger partial charge in [0.25, 0.3) is 11.8 Å². The molecule has 0 saturated heterocycles. The van der Waals surface area contributed by atoms with Crippen molar-refractivity contribution in [3.05, 3.63) is 71.8 Å². The summed E-state index contributed by atoms with van der Waals surface area (Å²) < 4.78 is 25.5. The summed E-state index contributed by atoms with van der Waals surface area (Å²) in [5.41, 5.74) is 1.73. The molecule has 0 bridgehead atoms. The van der Waals surface area contributed by atoms with E-state index in [1.165, 1.54) is 45.6 Å². The van der Waals surface area contributed by atoms with E-state index in [0.29, 0.717) is 39.8 Å². The van der Waals surface area contributed by atoms with Gasteiger partial charge in [-0.05, 0) is 67.6 Å². The Morgan fingerprint density at radius 2 is 1.19 bits per heavy atom. The van der Waals surface area contributed by atoms with Crippen LogP contribution in [0.2, 0.25) is 0 Å². The molecule has 0 aromatic heterocycles. The van der Waals surface area contributed by atoms with Gasteiger partial charge in [0.1, 0.15) is 5.75 Å². The topological polar surface area (TPSA) is 121 Å². The lowest BCUT2D eigenvalue weighted by molar-refractivity contribution is 0.101. The summed E-state index contributed by atoms with van der Waals surface area (Å²) >= 11 is 0. The molecule has 0 aliphatic heterocycles. The van der Waals surface area contributed by atoms with Gasteiger partial charge in [-0.25, -0.2) is 4.79 Å². The first kappa shape index (κ1) is 25.9. The van der Waals surface area contributed by atoms with Gasteiger partial charge in [0.15, 0.2) is 11.5 Å². The van der Waals surface area contributed by atoms with E-state index in [1.54, 1.807) is 43.3 Å². The second-order valence-electron chi connectivity index (χ2n) is 7.21. The summed E-state index contributed by atoms with van der Waals surface area (Å²) in [6.07, 6.45) is -0.813. The number of anilines is 2. The lowest BCUT2D eigenvalue weighted by Gasteiger charge is -2.14. The molecule has 0 aliphatic rings. The van der Waals surface area contributed by atoms with Gasteiger partial charge in [-0.1, -0.05) is 0 Å². The van der Waals surface area contributed by atoms with Crippen LogP contribution in [0, 0.1) is 0 Å². The molecule has 0 atom stereocenters. The number of methoxy groups -OCH3 is 3. The minimum Gasteiger partial charge on any atom is -0.493 e. The van der Waals surface area contributed by atoms with Gasteiger partial charge in [0.05, 0.1) is 27.9 Å². The van der Waals surface area contributed by atoms with Crippen LogP contribution in [-0.4, -0.2) is 45.9 Å². The average Bonchev–Trinajstić information content (AvgIpc) is 2.89. The fraction of sp³-hybridized carbons (Fsp3) is 0.192. The number of carbonyl (C=O) groups is 3. The molecule has 0 fully saturated rings. The second kappa shape index (κ2) is 12.1. The molecule has 2 amide bonds. The van der Waals surface area contributed by atoms with Crippen molar-refractivity contribution in [1.29, 1.82) is 0 Å². The van der Waals surface area contributed by atoms with E-state index < -0.39 is 6.16 Å². The molecule has 10 nitrogen and oxygen atoms in total. The maximum atomic E-state index is 12.8. The fourth-order valence-electron chi connectivity index (χ4n) is 3.17. The van der Waals surface area contributed by atoms with Crippen molar-refractivity contribution in [2.75, 3.05) is 38.6 Å². The fourth-order valence-corrected chi connectivity index (χ4v) is 3.17. The summed E-state index contributed by atoms with van der Waals surface area (Å²) in [6, 6.07) is 15.8. The second-order valence-corrected chi connectivity index (χ2v) is 7.21. The lowest BCUT2D eigenvalue weighted by Crippen LogP contribution is -2.14. The first-order chi connectivity index (χ1) is 17.4. The van der Waals surface area contributed by atoms with Crippen molar-refractivity contribution in [2.45, 2.75) is 6.92 Å². The third-order valence-corrected chi connectivity index (χ3v) is 4.91. The number of nitrogens with one attached hydrogen (secondary N) is 2. The molecule has 0 spiro atoms. The van der Waals surface area contributed by atoms with Crippen LogP contribution in [0.4, 0.5) is 16.2 Å². The monoisotopic (exact) mass is 494 g/mol. The lowest BCUT2D eigenvalue weighted by atomic mass is 10.1. The number of amides is 2. The van der Waals surface area contributed by atoms with Crippen LogP contribution in [0.5, 0.6) is 23.0 Å². The predicted molar refractivity (Wildman–Crippen MR) is 133 cm³/mol. The molecule has 3 aromatic carbocycles. The number of ether oxygens (including phenoxy) is 5. The summed E-state index contributed by atoms with van der Waals surface area (Å²) in [7, 11) is 4.42. The van der Waals surface area contributed by atoms with Crippen molar-refractivity contribution in [1.82, 2.24) is 0 Å². The van der Waals surface area contributed by atoms with E-state index in [2.05, 4.69) is 10.6 Å². The first-order valence-electron chi connectivity index (χ1n) is 10.9. The minimum absolute atomic E-state index is 0.201. The van der Waals surface area contributed by atoms with Crippen LogP contribution < -0.4 is 29.6 Å². The van der Waals surface area contributed by atoms with Gasteiger partial charge < -0.3 is 34.3 Å². The Morgan fingerprint density at radius 1 is 0.694 bits per heavy atom. The molecular formula is C26H26N2O8. The van der Waals surface area contributed by atoms with Gasteiger partial charge in [0, 0.05) is 22.5 Å². The van der Waals surface area contributed by atoms with Crippen LogP contribution in [-0.2, 0) is 4.74 Å². The summed E-state index contributed by atoms with van der Waals surface area (Å²) in [4.78, 5) is 36.6. The van der Waals surface area contributed by atoms with E-state index >= 15 is 0 Å². The highest BCUT2D eigenvalue weighted by Crippen LogP contribution is 2.38. The summed E-state index contributed by atoms with van der Waals surface area (Å²) in [6.45, 7) is 1.87. The third kappa shape index (κ3) is 6.44. The van der Waals surface area contributed by atoms with Gasteiger partial charge >= 0.3 is 6.16 Å². The Labute approximate surface area is 208 Å². The molecular weight excluding hydrogens is 468 g/mol. The third-order valence-electron chi connectivity index (χ3n) is 4.91. The molecule has 0 aliphatic carbocycles. The zero-order chi connectivity index (χ0) is 26.1. The molecule has 0 heterocycles. The first-order valence-corrected chi connectivity index (χ1v) is 10.9. The van der Waals surface area contributed by atoms with Gasteiger partial charge in [-0.3, -0.25) is 9.59 Å². The van der Waals surface area contributed by atoms with Crippen molar-refractivity contribution in [3.8, 4) is 23.0 Å². The highest BCUT2D eigenvalue weighted by molar-refractivity contribution is 6.06. The highest BCUT2D eigenvalue weighted by Gasteiger charge is 2.17. The van der Waals surface area contributed by atoms with E-state index in [0.717, 1.165) is 0 Å². The molecule has 36 heavy (non-hydrogen) atoms. The van der Waals surface area contributed by atoms with Crippen molar-refractivity contribution in [3.63, 3.8) is 0 Å². The summed E-state index contributed by atoms with van der Waals surface area (Å²) in [5.74, 6) is 0.638. The zero-order valence-electron chi connectivity index (χ0n) is 20.2. The molecule has 0 radical (unpaired) electrons. The normalized spacial score (nSPS) is 10.1. The molecule has 0 saturated carbocycles. The van der Waals surface area contributed by atoms with Crippen LogP contribution >= 0.6 is 0 Å². The molecule has 3 aromatic rings. The van der Waals surface area contributed by atoms with E-state index in [9.17, 15) is 14.4 Å². The number of hydrogen-bond donors (Lipinski definition) is 2. The maximum absolute atomic E-state index is 12.8. The van der Waals surface area contributed by atoms with Gasteiger partial charge in [-0.2, -0.15) is 0 Å². The standard InChI is InChI=1S/C26H26N2O8/c1-5-35-26(31)36-20-12-6-16(7-13-20)24(29)27-18-8-10-19(11-9-18)28-25(30)17-14-21(32-2)23(34-4)22(15-17)33-3/h6-15H,5H2,1-4H3,(H,27,29)(H,28,30). The highest BCUT2D eigenvalue weighted by atomic mass is 16.7. The Morgan fingerprint density at radius 3 is 1.64 bits per heavy atom. The quantitative estimate of drug-likeness (QED) is 0.323. The van der Waals surface area contributed by atoms with Crippen LogP contribution in [0.25, 0.3) is 0 Å². The maximum Gasteiger partial charge on any atom is 0.513 e. The number of hydrogen-bond acceptors (Lipinski definition) is 8. The largest absolute Gasteiger partial charge is 0.513 e. The van der Waals surface area contributed by atoms with E-state index in [4.69, 9.17) is 23.7 Å². The molecule has 10 heteroatoms. The summed E-state index contributed by atoms with van der Waals surface area (Å²) in [5, 5.41) is 5.55. The Bertz CT molecular complexity index is 1200. The smallest absolute Gasteiger partial charge is 0.493 e. The number of carbonyl (C=O) groups excluding carboxylic acids is 3. The predicted octanol–water partition coefficient (Wildman–Crippen LogP) is 4.75. The Balaban J connectivity index is 1.63. The number of benzene rings is 3. The molecule has 0 unspecified atom stereocenters. The Hall–Kier alpha value is -4.73. The van der Waals surface area contributed by atoms with Crippen LogP contribution in [0.3, 0.4) is 0 Å². The average molecular weight is 495 g/mol. The van der Waals surface area contributed by atoms with Crippen LogP contribution in [0.15, 0.2) is 60.7 Å². The van der Waals surface area contributed by atoms with E-state index in [-0.39, 0.29) is 24.2 Å². The van der Waals surface area contributed by atoms with Crippen molar-refractivity contribution < 1.29 is 38.1 Å². The van der Waals surface area contributed by atoms with E-state index in [1.807, 2.05) is 0 Å².